The van der Waals surface area contributed by atoms with Gasteiger partial charge in [0.1, 0.15) is 10.7 Å². The van der Waals surface area contributed by atoms with E-state index in [1.165, 1.54) is 17.8 Å². The predicted molar refractivity (Wildman–Crippen MR) is 110 cm³/mol. The Balaban J connectivity index is 0.00000225. The molecule has 1 saturated heterocycles. The zero-order valence-corrected chi connectivity index (χ0v) is 16.8. The van der Waals surface area contributed by atoms with Gasteiger partial charge in [0, 0.05) is 30.2 Å². The topological polar surface area (TPSA) is 92.7 Å². The third-order valence-corrected chi connectivity index (χ3v) is 5.42. The first kappa shape index (κ1) is 20.3. The van der Waals surface area contributed by atoms with Gasteiger partial charge >= 0.3 is 0 Å². The smallest absolute Gasteiger partial charge is 0.253 e. The molecule has 0 saturated carbocycles. The van der Waals surface area contributed by atoms with E-state index in [2.05, 4.69) is 30.6 Å². The van der Waals surface area contributed by atoms with E-state index in [0.717, 1.165) is 41.5 Å². The van der Waals surface area contributed by atoms with Crippen LogP contribution in [-0.2, 0) is 13.0 Å². The highest BCUT2D eigenvalue weighted by molar-refractivity contribution is 7.13. The Morgan fingerprint density at radius 1 is 1.25 bits per heavy atom. The van der Waals surface area contributed by atoms with Crippen LogP contribution in [-0.4, -0.2) is 38.9 Å². The normalized spacial score (nSPS) is 15.8. The van der Waals surface area contributed by atoms with Gasteiger partial charge in [-0.05, 0) is 43.5 Å². The zero-order valence-electron chi connectivity index (χ0n) is 15.2. The fraction of sp³-hybridized carbons (Fsp3) is 0.316. The number of carbonyl (C=O) groups is 1. The molecule has 1 fully saturated rings. The van der Waals surface area contributed by atoms with Gasteiger partial charge in [0.05, 0.1) is 24.0 Å². The van der Waals surface area contributed by atoms with Gasteiger partial charge < -0.3 is 10.6 Å². The van der Waals surface area contributed by atoms with Gasteiger partial charge in [-0.3, -0.25) is 19.7 Å². The first-order chi connectivity index (χ1) is 13.3. The van der Waals surface area contributed by atoms with Crippen LogP contribution in [0.25, 0.3) is 10.7 Å². The molecule has 3 aromatic heterocycles. The summed E-state index contributed by atoms with van der Waals surface area (Å²) in [5, 5.41) is 9.00. The van der Waals surface area contributed by atoms with Crippen LogP contribution in [0.15, 0.2) is 42.4 Å². The summed E-state index contributed by atoms with van der Waals surface area (Å²) in [5.74, 6) is 0.488. The number of amides is 1. The number of carbonyl (C=O) groups excluding carboxylic acids is 1. The van der Waals surface area contributed by atoms with Gasteiger partial charge in [0.15, 0.2) is 0 Å². The van der Waals surface area contributed by atoms with E-state index < -0.39 is 0 Å². The van der Waals surface area contributed by atoms with Crippen molar-refractivity contribution in [3.05, 3.63) is 59.3 Å². The van der Waals surface area contributed by atoms with Crippen LogP contribution in [0.5, 0.6) is 0 Å². The molecule has 1 amide bonds. The molecule has 1 aliphatic heterocycles. The lowest BCUT2D eigenvalue weighted by molar-refractivity contribution is 0.0950. The van der Waals surface area contributed by atoms with Gasteiger partial charge in [0.2, 0.25) is 0 Å². The second kappa shape index (κ2) is 9.68. The van der Waals surface area contributed by atoms with Crippen molar-refractivity contribution < 1.29 is 4.79 Å². The fourth-order valence-electron chi connectivity index (χ4n) is 3.13. The Hall–Kier alpha value is -2.42. The zero-order chi connectivity index (χ0) is 18.5. The number of hydrogen-bond acceptors (Lipinski definition) is 7. The molecule has 146 valence electrons. The minimum absolute atomic E-state index is 0. The molecule has 4 rings (SSSR count). The molecule has 0 aromatic carbocycles. The number of halogens is 1. The maximum absolute atomic E-state index is 12.5. The summed E-state index contributed by atoms with van der Waals surface area (Å²) in [4.78, 5) is 29.5. The van der Waals surface area contributed by atoms with Crippen molar-refractivity contribution in [1.82, 2.24) is 30.6 Å². The molecule has 0 aliphatic carbocycles. The Morgan fingerprint density at radius 3 is 2.96 bits per heavy atom. The molecule has 1 atom stereocenters. The lowest BCUT2D eigenvalue weighted by Crippen LogP contribution is -2.23. The van der Waals surface area contributed by atoms with Crippen molar-refractivity contribution in [2.75, 3.05) is 13.1 Å². The van der Waals surface area contributed by atoms with E-state index in [4.69, 9.17) is 0 Å². The third kappa shape index (κ3) is 5.09. The molecule has 28 heavy (non-hydrogen) atoms. The first-order valence-electron chi connectivity index (χ1n) is 8.91. The maximum atomic E-state index is 12.5. The number of hydrogen-bond donors (Lipinski definition) is 2. The average Bonchev–Trinajstić information content (AvgIpc) is 3.39. The van der Waals surface area contributed by atoms with Crippen LogP contribution in [0.4, 0.5) is 0 Å². The molecule has 7 nitrogen and oxygen atoms in total. The van der Waals surface area contributed by atoms with Crippen LogP contribution < -0.4 is 10.6 Å². The van der Waals surface area contributed by atoms with E-state index in [9.17, 15) is 4.79 Å². The minimum atomic E-state index is -0.136. The minimum Gasteiger partial charge on any atom is -0.346 e. The van der Waals surface area contributed by atoms with Crippen molar-refractivity contribution in [1.29, 1.82) is 0 Å². The Morgan fingerprint density at radius 2 is 2.18 bits per heavy atom. The summed E-state index contributed by atoms with van der Waals surface area (Å²) in [6, 6.07) is 1.94. The van der Waals surface area contributed by atoms with Crippen LogP contribution >= 0.6 is 23.7 Å². The van der Waals surface area contributed by atoms with E-state index >= 15 is 0 Å². The number of nitrogens with one attached hydrogen (secondary N) is 2. The van der Waals surface area contributed by atoms with E-state index in [-0.39, 0.29) is 18.3 Å². The van der Waals surface area contributed by atoms with Crippen molar-refractivity contribution in [2.24, 2.45) is 5.92 Å². The predicted octanol–water partition coefficient (Wildman–Crippen LogP) is 2.50. The molecule has 0 radical (unpaired) electrons. The van der Waals surface area contributed by atoms with Gasteiger partial charge in [-0.2, -0.15) is 0 Å². The standard InChI is InChI=1S/C19H20N6OS.ClH/c26-18(15-6-14(8-22-9-15)5-13-1-2-20-7-13)24-10-16-12-27-19(25-16)17-11-21-3-4-23-17;/h3-4,6,8-9,11-13,20H,1-2,5,7,10H2,(H,24,26);1H. The molecule has 0 spiro atoms. The fourth-order valence-corrected chi connectivity index (χ4v) is 3.91. The average molecular weight is 417 g/mol. The Bertz CT molecular complexity index is 914. The molecule has 4 heterocycles. The van der Waals surface area contributed by atoms with E-state index in [1.807, 2.05) is 17.6 Å². The van der Waals surface area contributed by atoms with E-state index in [0.29, 0.717) is 18.0 Å². The summed E-state index contributed by atoms with van der Waals surface area (Å²) in [5.41, 5.74) is 3.23. The number of aromatic nitrogens is 4. The van der Waals surface area contributed by atoms with E-state index in [1.54, 1.807) is 24.8 Å². The quantitative estimate of drug-likeness (QED) is 0.641. The van der Waals surface area contributed by atoms with Crippen LogP contribution in [0, 0.1) is 5.92 Å². The number of pyridine rings is 1. The van der Waals surface area contributed by atoms with Crippen molar-refractivity contribution in [3.8, 4) is 10.7 Å². The SMILES string of the molecule is Cl.O=C(NCc1csc(-c2cnccn2)n1)c1cncc(CC2CCNC2)c1. The van der Waals surface area contributed by atoms with Gasteiger partial charge in [-0.25, -0.2) is 4.98 Å². The van der Waals surface area contributed by atoms with Gasteiger partial charge in [-0.15, -0.1) is 23.7 Å². The summed E-state index contributed by atoms with van der Waals surface area (Å²) < 4.78 is 0. The number of nitrogens with zero attached hydrogens (tertiary/aromatic N) is 4. The Kier molecular flexibility index (Phi) is 7.02. The second-order valence-electron chi connectivity index (χ2n) is 6.56. The van der Waals surface area contributed by atoms with Crippen LogP contribution in [0.3, 0.4) is 0 Å². The van der Waals surface area contributed by atoms with Crippen molar-refractivity contribution in [3.63, 3.8) is 0 Å². The molecule has 9 heteroatoms. The highest BCUT2D eigenvalue weighted by Gasteiger charge is 2.16. The van der Waals surface area contributed by atoms with Crippen molar-refractivity contribution >= 4 is 29.7 Å². The largest absolute Gasteiger partial charge is 0.346 e. The third-order valence-electron chi connectivity index (χ3n) is 4.51. The van der Waals surface area contributed by atoms with Crippen molar-refractivity contribution in [2.45, 2.75) is 19.4 Å². The first-order valence-corrected chi connectivity index (χ1v) is 9.79. The molecule has 2 N–H and O–H groups in total. The van der Waals surface area contributed by atoms with Gasteiger partial charge in [0.25, 0.3) is 5.91 Å². The summed E-state index contributed by atoms with van der Waals surface area (Å²) in [6.45, 7) is 2.48. The Labute approximate surface area is 173 Å². The molecular formula is C19H21ClN6OS. The lowest BCUT2D eigenvalue weighted by Gasteiger charge is -2.09. The van der Waals surface area contributed by atoms with Crippen LogP contribution in [0.2, 0.25) is 0 Å². The maximum Gasteiger partial charge on any atom is 0.253 e. The van der Waals surface area contributed by atoms with Gasteiger partial charge in [-0.1, -0.05) is 0 Å². The summed E-state index contributed by atoms with van der Waals surface area (Å²) >= 11 is 1.49. The molecule has 0 bridgehead atoms. The molecule has 1 aliphatic rings. The molecule has 1 unspecified atom stereocenters. The highest BCUT2D eigenvalue weighted by atomic mass is 35.5. The highest BCUT2D eigenvalue weighted by Crippen LogP contribution is 2.20. The second-order valence-corrected chi connectivity index (χ2v) is 7.42. The number of thiazole rings is 1. The molecular weight excluding hydrogens is 396 g/mol. The monoisotopic (exact) mass is 416 g/mol. The molecule has 3 aromatic rings. The summed E-state index contributed by atoms with van der Waals surface area (Å²) in [6.07, 6.45) is 10.5. The van der Waals surface area contributed by atoms with Crippen LogP contribution in [0.1, 0.15) is 28.0 Å². The number of rotatable bonds is 6. The lowest BCUT2D eigenvalue weighted by atomic mass is 9.99. The summed E-state index contributed by atoms with van der Waals surface area (Å²) in [7, 11) is 0.